The fraction of sp³-hybridized carbons (Fsp3) is 0.273. The molecule has 1 atom stereocenters. The second-order valence-corrected chi connectivity index (χ2v) is 7.00. The zero-order valence-electron chi connectivity index (χ0n) is 16.1. The number of ketones is 1. The lowest BCUT2D eigenvalue weighted by molar-refractivity contribution is -0.139. The van der Waals surface area contributed by atoms with E-state index in [0.717, 1.165) is 0 Å². The minimum Gasteiger partial charge on any atom is -0.507 e. The molecule has 5 nitrogen and oxygen atoms in total. The maximum atomic E-state index is 14.6. The number of aliphatic hydroxyl groups is 1. The van der Waals surface area contributed by atoms with Gasteiger partial charge in [0.05, 0.1) is 23.2 Å². The number of carbonyl (C=O) groups is 2. The van der Waals surface area contributed by atoms with Gasteiger partial charge in [-0.1, -0.05) is 36.7 Å². The normalized spacial score (nSPS) is 18.3. The van der Waals surface area contributed by atoms with E-state index in [0.29, 0.717) is 23.8 Å². The van der Waals surface area contributed by atoms with Gasteiger partial charge >= 0.3 is 0 Å². The summed E-state index contributed by atoms with van der Waals surface area (Å²) in [6.07, 6.45) is 0.577. The van der Waals surface area contributed by atoms with Crippen LogP contribution in [0.5, 0.6) is 5.75 Å². The van der Waals surface area contributed by atoms with Gasteiger partial charge in [0, 0.05) is 17.7 Å². The minimum absolute atomic E-state index is 0.153. The maximum Gasteiger partial charge on any atom is 0.295 e. The molecule has 0 bridgehead atoms. The summed E-state index contributed by atoms with van der Waals surface area (Å²) in [6.45, 7) is 4.26. The fourth-order valence-corrected chi connectivity index (χ4v) is 3.62. The van der Waals surface area contributed by atoms with Gasteiger partial charge in [0.2, 0.25) is 0 Å². The molecule has 3 rings (SSSR count). The van der Waals surface area contributed by atoms with Gasteiger partial charge in [-0.2, -0.15) is 0 Å². The lowest BCUT2D eigenvalue weighted by Gasteiger charge is -2.25. The Kier molecular flexibility index (Phi) is 6.23. The minimum atomic E-state index is -1.01. The third kappa shape index (κ3) is 3.85. The first-order chi connectivity index (χ1) is 13.9. The molecule has 0 saturated carbocycles. The molecule has 2 aromatic carbocycles. The molecule has 1 heterocycles. The van der Waals surface area contributed by atoms with E-state index in [1.165, 1.54) is 41.3 Å². The summed E-state index contributed by atoms with van der Waals surface area (Å²) in [5.41, 5.74) is 0.257. The largest absolute Gasteiger partial charge is 0.507 e. The number of halogens is 2. The molecule has 1 fully saturated rings. The van der Waals surface area contributed by atoms with E-state index in [4.69, 9.17) is 16.3 Å². The molecule has 1 aliphatic rings. The Morgan fingerprint density at radius 1 is 1.21 bits per heavy atom. The van der Waals surface area contributed by atoms with Crippen molar-refractivity contribution >= 4 is 29.1 Å². The number of amides is 1. The predicted octanol–water partition coefficient (Wildman–Crippen LogP) is 4.71. The third-order valence-electron chi connectivity index (χ3n) is 4.71. The quantitative estimate of drug-likeness (QED) is 0.420. The van der Waals surface area contributed by atoms with Gasteiger partial charge in [-0.3, -0.25) is 9.59 Å². The Morgan fingerprint density at radius 3 is 2.59 bits per heavy atom. The molecule has 1 saturated heterocycles. The number of hydrogen-bond acceptors (Lipinski definition) is 4. The summed E-state index contributed by atoms with van der Waals surface area (Å²) in [5, 5.41) is 11.3. The number of ether oxygens (including phenoxy) is 1. The van der Waals surface area contributed by atoms with Crippen molar-refractivity contribution in [3.05, 3.63) is 70.0 Å². The molecule has 1 amide bonds. The number of Topliss-reactive ketones (excluding diaryl/α,β-unsaturated/α-hetero) is 1. The molecule has 0 aromatic heterocycles. The van der Waals surface area contributed by atoms with Crippen LogP contribution in [0.3, 0.4) is 0 Å². The summed E-state index contributed by atoms with van der Waals surface area (Å²) in [7, 11) is 0. The van der Waals surface area contributed by atoms with E-state index in [2.05, 4.69) is 0 Å². The topological polar surface area (TPSA) is 66.8 Å². The average Bonchev–Trinajstić information content (AvgIpc) is 2.95. The van der Waals surface area contributed by atoms with Crippen LogP contribution >= 0.6 is 11.6 Å². The Balaban J connectivity index is 2.21. The number of nitrogens with zero attached hydrogens (tertiary/aromatic N) is 1. The molecular weight excluding hydrogens is 397 g/mol. The van der Waals surface area contributed by atoms with Crippen molar-refractivity contribution in [3.63, 3.8) is 0 Å². The van der Waals surface area contributed by atoms with E-state index in [1.54, 1.807) is 13.0 Å². The highest BCUT2D eigenvalue weighted by Gasteiger charge is 2.46. The first-order valence-electron chi connectivity index (χ1n) is 9.36. The zero-order valence-corrected chi connectivity index (χ0v) is 16.9. The second kappa shape index (κ2) is 8.66. The van der Waals surface area contributed by atoms with Crippen molar-refractivity contribution in [1.29, 1.82) is 0 Å². The van der Waals surface area contributed by atoms with E-state index in [-0.39, 0.29) is 23.2 Å². The monoisotopic (exact) mass is 417 g/mol. The number of aliphatic hydroxyl groups excluding tert-OH is 1. The van der Waals surface area contributed by atoms with Gasteiger partial charge in [0.15, 0.2) is 0 Å². The highest BCUT2D eigenvalue weighted by molar-refractivity contribution is 6.46. The fourth-order valence-electron chi connectivity index (χ4n) is 3.44. The predicted molar refractivity (Wildman–Crippen MR) is 108 cm³/mol. The van der Waals surface area contributed by atoms with Crippen LogP contribution < -0.4 is 4.74 Å². The Hall–Kier alpha value is -2.86. The molecule has 0 aliphatic carbocycles. The first kappa shape index (κ1) is 20.9. The van der Waals surface area contributed by atoms with Crippen molar-refractivity contribution in [2.24, 2.45) is 0 Å². The van der Waals surface area contributed by atoms with Crippen LogP contribution in [-0.4, -0.2) is 34.8 Å². The summed E-state index contributed by atoms with van der Waals surface area (Å²) < 4.78 is 20.0. The van der Waals surface area contributed by atoms with Crippen LogP contribution in [0.4, 0.5) is 4.39 Å². The Labute approximate surface area is 173 Å². The van der Waals surface area contributed by atoms with E-state index < -0.39 is 29.3 Å². The van der Waals surface area contributed by atoms with Crippen LogP contribution in [0.15, 0.2) is 48.0 Å². The van der Waals surface area contributed by atoms with Gasteiger partial charge in [-0.05, 0) is 37.6 Å². The van der Waals surface area contributed by atoms with Crippen molar-refractivity contribution in [3.8, 4) is 5.75 Å². The smallest absolute Gasteiger partial charge is 0.295 e. The van der Waals surface area contributed by atoms with E-state index in [9.17, 15) is 19.1 Å². The Morgan fingerprint density at radius 2 is 1.93 bits per heavy atom. The van der Waals surface area contributed by atoms with Crippen molar-refractivity contribution in [2.45, 2.75) is 26.3 Å². The lowest BCUT2D eigenvalue weighted by atomic mass is 9.95. The first-order valence-corrected chi connectivity index (χ1v) is 9.74. The number of carbonyl (C=O) groups excluding carboxylic acids is 2. The van der Waals surface area contributed by atoms with Gasteiger partial charge in [-0.25, -0.2) is 4.39 Å². The number of rotatable bonds is 6. The molecule has 0 spiro atoms. The zero-order chi connectivity index (χ0) is 21.1. The summed E-state index contributed by atoms with van der Waals surface area (Å²) in [6, 6.07) is 9.45. The summed E-state index contributed by atoms with van der Waals surface area (Å²) >= 11 is 6.10. The van der Waals surface area contributed by atoms with Gasteiger partial charge in [-0.15, -0.1) is 0 Å². The number of likely N-dealkylation sites (tertiary alicyclic amines) is 1. The van der Waals surface area contributed by atoms with Crippen molar-refractivity contribution in [2.75, 3.05) is 13.2 Å². The van der Waals surface area contributed by atoms with Gasteiger partial charge in [0.25, 0.3) is 11.7 Å². The summed E-state index contributed by atoms with van der Waals surface area (Å²) in [5.74, 6) is -2.23. The molecule has 1 unspecified atom stereocenters. The van der Waals surface area contributed by atoms with Crippen LogP contribution in [-0.2, 0) is 9.59 Å². The average molecular weight is 418 g/mol. The molecule has 29 heavy (non-hydrogen) atoms. The lowest BCUT2D eigenvalue weighted by Crippen LogP contribution is -2.30. The number of benzene rings is 2. The van der Waals surface area contributed by atoms with Crippen molar-refractivity contribution in [1.82, 2.24) is 4.90 Å². The molecule has 7 heteroatoms. The van der Waals surface area contributed by atoms with Crippen LogP contribution in [0.2, 0.25) is 5.02 Å². The van der Waals surface area contributed by atoms with Crippen molar-refractivity contribution < 1.29 is 23.8 Å². The van der Waals surface area contributed by atoms with E-state index >= 15 is 0 Å². The van der Waals surface area contributed by atoms with Crippen LogP contribution in [0.25, 0.3) is 5.76 Å². The number of hydrogen-bond donors (Lipinski definition) is 1. The van der Waals surface area contributed by atoms with Gasteiger partial charge < -0.3 is 14.7 Å². The molecule has 1 aliphatic heterocycles. The molecular formula is C22H21ClFNO4. The van der Waals surface area contributed by atoms with Crippen LogP contribution in [0.1, 0.15) is 37.4 Å². The van der Waals surface area contributed by atoms with E-state index in [1.807, 2.05) is 6.92 Å². The molecule has 152 valence electrons. The summed E-state index contributed by atoms with van der Waals surface area (Å²) in [4.78, 5) is 26.7. The standard InChI is InChI=1S/C22H21ClFNO4/c1-3-11-25-19(14-7-5-6-8-16(14)24)18(21(27)22(25)28)20(26)13-9-10-15(23)17(12-13)29-4-2/h5-10,12,19,26H,3-4,11H2,1-2H3/b20-18+. The Bertz CT molecular complexity index is 989. The third-order valence-corrected chi connectivity index (χ3v) is 5.02. The highest BCUT2D eigenvalue weighted by atomic mass is 35.5. The maximum absolute atomic E-state index is 14.6. The SMILES string of the molecule is CCCN1C(=O)C(=O)/C(=C(/O)c2ccc(Cl)c(OCC)c2)C1c1ccccc1F. The molecule has 0 radical (unpaired) electrons. The molecule has 2 aromatic rings. The molecule has 1 N–H and O–H groups in total. The van der Waals surface area contributed by atoms with Gasteiger partial charge in [0.1, 0.15) is 17.3 Å². The van der Waals surface area contributed by atoms with Crippen LogP contribution in [0, 0.1) is 5.82 Å². The second-order valence-electron chi connectivity index (χ2n) is 6.59. The highest BCUT2D eigenvalue weighted by Crippen LogP contribution is 2.41.